The molecule has 0 aliphatic rings. The van der Waals surface area contributed by atoms with Crippen LogP contribution in [-0.4, -0.2) is 27.4 Å². The number of rotatable bonds is 8. The van der Waals surface area contributed by atoms with Crippen LogP contribution in [0.15, 0.2) is 18.2 Å². The maximum Gasteiger partial charge on any atom is 0.127 e. The molecule has 108 valence electrons. The van der Waals surface area contributed by atoms with Gasteiger partial charge in [0, 0.05) is 7.11 Å². The van der Waals surface area contributed by atoms with Gasteiger partial charge in [-0.3, -0.25) is 11.3 Å². The van der Waals surface area contributed by atoms with Crippen molar-refractivity contribution in [2.24, 2.45) is 5.84 Å². The van der Waals surface area contributed by atoms with Crippen molar-refractivity contribution >= 4 is 0 Å². The van der Waals surface area contributed by atoms with Gasteiger partial charge in [0.15, 0.2) is 0 Å². The lowest BCUT2D eigenvalue weighted by Crippen LogP contribution is -2.38. The van der Waals surface area contributed by atoms with Gasteiger partial charge in [-0.2, -0.15) is 0 Å². The molecule has 0 spiro atoms. The molecular weight excluding hydrogens is 244 g/mol. The third kappa shape index (κ3) is 3.59. The molecule has 5 nitrogen and oxygen atoms in total. The molecule has 5 heteroatoms. The molecule has 2 atom stereocenters. The second-order valence-electron chi connectivity index (χ2n) is 4.28. The van der Waals surface area contributed by atoms with Crippen molar-refractivity contribution < 1.29 is 14.2 Å². The standard InChI is InChI=1S/C14H24N2O3/c1-5-7-12(19-4)14(16-15)13-10(17-2)8-6-9-11(13)18-3/h6,8-9,12,14,16H,5,7,15H2,1-4H3. The van der Waals surface area contributed by atoms with Crippen LogP contribution in [0, 0.1) is 0 Å². The normalized spacial score (nSPS) is 13.9. The van der Waals surface area contributed by atoms with Crippen molar-refractivity contribution in [3.8, 4) is 11.5 Å². The summed E-state index contributed by atoms with van der Waals surface area (Å²) in [6.45, 7) is 2.11. The van der Waals surface area contributed by atoms with Crippen molar-refractivity contribution in [1.29, 1.82) is 0 Å². The highest BCUT2D eigenvalue weighted by molar-refractivity contribution is 5.47. The Labute approximate surface area is 115 Å². The Kier molecular flexibility index (Phi) is 6.62. The first-order valence-electron chi connectivity index (χ1n) is 6.43. The van der Waals surface area contributed by atoms with Crippen LogP contribution in [0.4, 0.5) is 0 Å². The highest BCUT2D eigenvalue weighted by atomic mass is 16.5. The molecule has 1 rings (SSSR count). The van der Waals surface area contributed by atoms with Gasteiger partial charge >= 0.3 is 0 Å². The second kappa shape index (κ2) is 7.99. The number of hydrazine groups is 1. The largest absolute Gasteiger partial charge is 0.496 e. The van der Waals surface area contributed by atoms with Gasteiger partial charge in [-0.05, 0) is 18.6 Å². The summed E-state index contributed by atoms with van der Waals surface area (Å²) < 4.78 is 16.4. The minimum atomic E-state index is -0.184. The second-order valence-corrected chi connectivity index (χ2v) is 4.28. The van der Waals surface area contributed by atoms with Gasteiger partial charge in [0.25, 0.3) is 0 Å². The Hall–Kier alpha value is -1.30. The van der Waals surface area contributed by atoms with Crippen LogP contribution in [0.25, 0.3) is 0 Å². The summed E-state index contributed by atoms with van der Waals surface area (Å²) in [5.74, 6) is 7.19. The van der Waals surface area contributed by atoms with Crippen molar-refractivity contribution in [3.63, 3.8) is 0 Å². The first kappa shape index (κ1) is 15.8. The maximum absolute atomic E-state index is 5.72. The van der Waals surface area contributed by atoms with Crippen LogP contribution in [0.3, 0.4) is 0 Å². The molecule has 0 radical (unpaired) electrons. The van der Waals surface area contributed by atoms with E-state index in [9.17, 15) is 0 Å². The van der Waals surface area contributed by atoms with Gasteiger partial charge in [0.2, 0.25) is 0 Å². The van der Waals surface area contributed by atoms with Crippen LogP contribution < -0.4 is 20.7 Å². The Morgan fingerprint density at radius 1 is 1.16 bits per heavy atom. The molecule has 2 unspecified atom stereocenters. The minimum absolute atomic E-state index is 0.0415. The lowest BCUT2D eigenvalue weighted by atomic mass is 9.96. The molecule has 0 fully saturated rings. The molecule has 1 aromatic carbocycles. The Morgan fingerprint density at radius 3 is 2.11 bits per heavy atom. The summed E-state index contributed by atoms with van der Waals surface area (Å²) in [6.07, 6.45) is 1.86. The number of nitrogens with two attached hydrogens (primary N) is 1. The van der Waals surface area contributed by atoms with Gasteiger partial charge in [-0.15, -0.1) is 0 Å². The topological polar surface area (TPSA) is 65.7 Å². The third-order valence-corrected chi connectivity index (χ3v) is 3.20. The van der Waals surface area contributed by atoms with E-state index in [-0.39, 0.29) is 12.1 Å². The predicted molar refractivity (Wildman–Crippen MR) is 75.3 cm³/mol. The molecule has 0 aromatic heterocycles. The van der Waals surface area contributed by atoms with Gasteiger partial charge in [-0.1, -0.05) is 19.4 Å². The van der Waals surface area contributed by atoms with Crippen molar-refractivity contribution in [3.05, 3.63) is 23.8 Å². The molecule has 0 saturated heterocycles. The lowest BCUT2D eigenvalue weighted by Gasteiger charge is -2.28. The van der Waals surface area contributed by atoms with E-state index in [1.165, 1.54) is 0 Å². The molecule has 0 aliphatic carbocycles. The van der Waals surface area contributed by atoms with Gasteiger partial charge in [0.1, 0.15) is 11.5 Å². The summed E-state index contributed by atoms with van der Waals surface area (Å²) in [5.41, 5.74) is 3.70. The summed E-state index contributed by atoms with van der Waals surface area (Å²) >= 11 is 0. The van der Waals surface area contributed by atoms with E-state index in [1.54, 1.807) is 21.3 Å². The monoisotopic (exact) mass is 268 g/mol. The Morgan fingerprint density at radius 2 is 1.74 bits per heavy atom. The molecule has 0 saturated carbocycles. The zero-order valence-corrected chi connectivity index (χ0v) is 12.1. The van der Waals surface area contributed by atoms with Crippen LogP contribution in [-0.2, 0) is 4.74 Å². The van der Waals surface area contributed by atoms with Crippen LogP contribution in [0.2, 0.25) is 0 Å². The SMILES string of the molecule is CCCC(OC)C(NN)c1c(OC)cccc1OC. The molecule has 19 heavy (non-hydrogen) atoms. The van der Waals surface area contributed by atoms with E-state index in [0.29, 0.717) is 0 Å². The fourth-order valence-corrected chi connectivity index (χ4v) is 2.27. The molecule has 3 N–H and O–H groups in total. The summed E-state index contributed by atoms with van der Waals surface area (Å²) in [4.78, 5) is 0. The minimum Gasteiger partial charge on any atom is -0.496 e. The van der Waals surface area contributed by atoms with E-state index in [4.69, 9.17) is 20.1 Å². The maximum atomic E-state index is 5.72. The quantitative estimate of drug-likeness (QED) is 0.558. The van der Waals surface area contributed by atoms with E-state index in [0.717, 1.165) is 29.9 Å². The van der Waals surface area contributed by atoms with Crippen LogP contribution in [0.1, 0.15) is 31.4 Å². The first-order chi connectivity index (χ1) is 9.23. The number of methoxy groups -OCH3 is 3. The highest BCUT2D eigenvalue weighted by Gasteiger charge is 2.27. The average Bonchev–Trinajstić information content (AvgIpc) is 2.46. The number of nitrogens with one attached hydrogen (secondary N) is 1. The third-order valence-electron chi connectivity index (χ3n) is 3.20. The van der Waals surface area contributed by atoms with Crippen LogP contribution >= 0.6 is 0 Å². The zero-order chi connectivity index (χ0) is 14.3. The molecular formula is C14H24N2O3. The zero-order valence-electron chi connectivity index (χ0n) is 12.1. The predicted octanol–water partition coefficient (Wildman–Crippen LogP) is 2.02. The number of benzene rings is 1. The van der Waals surface area contributed by atoms with Gasteiger partial charge in [-0.25, -0.2) is 0 Å². The van der Waals surface area contributed by atoms with Gasteiger partial charge in [0.05, 0.1) is 31.9 Å². The highest BCUT2D eigenvalue weighted by Crippen LogP contribution is 2.36. The molecule has 0 heterocycles. The Balaban J connectivity index is 3.21. The fourth-order valence-electron chi connectivity index (χ4n) is 2.27. The van der Waals surface area contributed by atoms with E-state index in [1.807, 2.05) is 18.2 Å². The summed E-state index contributed by atoms with van der Waals surface area (Å²) in [6, 6.07) is 5.48. The average molecular weight is 268 g/mol. The summed E-state index contributed by atoms with van der Waals surface area (Å²) in [7, 11) is 4.95. The smallest absolute Gasteiger partial charge is 0.127 e. The molecule has 1 aromatic rings. The number of hydrogen-bond donors (Lipinski definition) is 2. The molecule has 0 bridgehead atoms. The van der Waals surface area contributed by atoms with Crippen LogP contribution in [0.5, 0.6) is 11.5 Å². The Bertz CT molecular complexity index is 363. The first-order valence-corrected chi connectivity index (χ1v) is 6.43. The number of hydrogen-bond acceptors (Lipinski definition) is 5. The lowest BCUT2D eigenvalue weighted by molar-refractivity contribution is 0.0590. The molecule has 0 aliphatic heterocycles. The van der Waals surface area contributed by atoms with Crippen molar-refractivity contribution in [2.45, 2.75) is 31.9 Å². The fraction of sp³-hybridized carbons (Fsp3) is 0.571. The molecule has 0 amide bonds. The van der Waals surface area contributed by atoms with E-state index >= 15 is 0 Å². The van der Waals surface area contributed by atoms with Crippen molar-refractivity contribution in [2.75, 3.05) is 21.3 Å². The van der Waals surface area contributed by atoms with Gasteiger partial charge < -0.3 is 14.2 Å². The number of ether oxygens (including phenoxy) is 3. The summed E-state index contributed by atoms with van der Waals surface area (Å²) in [5, 5.41) is 0. The van der Waals surface area contributed by atoms with Crippen molar-refractivity contribution in [1.82, 2.24) is 5.43 Å². The van der Waals surface area contributed by atoms with E-state index < -0.39 is 0 Å². The van der Waals surface area contributed by atoms with E-state index in [2.05, 4.69) is 12.3 Å².